The van der Waals surface area contributed by atoms with Gasteiger partial charge in [-0.25, -0.2) is 0 Å². The second-order valence-electron chi connectivity index (χ2n) is 0.589. The zero-order valence-corrected chi connectivity index (χ0v) is 8.24. The standard InChI is InChI=1S/C2H6O3P.Zn/c1-4-6(3)5-2;/h1-2H3;/q+1;. The first-order chi connectivity index (χ1) is 2.81. The summed E-state index contributed by atoms with van der Waals surface area (Å²) >= 11 is 0. The van der Waals surface area contributed by atoms with Crippen LogP contribution in [-0.4, -0.2) is 14.2 Å². The third kappa shape index (κ3) is 6.64. The summed E-state index contributed by atoms with van der Waals surface area (Å²) in [6, 6.07) is 0. The van der Waals surface area contributed by atoms with Crippen molar-refractivity contribution in [1.29, 1.82) is 0 Å². The molecule has 0 aromatic heterocycles. The smallest absolute Gasteiger partial charge is 0.122 e. The summed E-state index contributed by atoms with van der Waals surface area (Å²) in [7, 11) is 0.817. The molecule has 7 heavy (non-hydrogen) atoms. The van der Waals surface area contributed by atoms with Crippen molar-refractivity contribution >= 4 is 8.25 Å². The molecule has 0 fully saturated rings. The predicted molar refractivity (Wildman–Crippen MR) is 21.6 cm³/mol. The zero-order valence-electron chi connectivity index (χ0n) is 4.38. The first kappa shape index (κ1) is 10.6. The molecule has 0 aliphatic carbocycles. The Kier molecular flexibility index (Phi) is 10.1. The van der Waals surface area contributed by atoms with Gasteiger partial charge in [0, 0.05) is 24.0 Å². The van der Waals surface area contributed by atoms with E-state index in [2.05, 4.69) is 9.05 Å². The van der Waals surface area contributed by atoms with Crippen molar-refractivity contribution in [1.82, 2.24) is 0 Å². The minimum absolute atomic E-state index is 0. The SMILES string of the molecule is CO[P+](=O)OC.[Zn]. The third-order valence-corrected chi connectivity index (χ3v) is 0.894. The first-order valence-corrected chi connectivity index (χ1v) is 2.46. The molecule has 0 aromatic carbocycles. The monoisotopic (exact) mass is 173 g/mol. The van der Waals surface area contributed by atoms with Gasteiger partial charge in [-0.05, 0) is 0 Å². The van der Waals surface area contributed by atoms with Crippen LogP contribution in [0.5, 0.6) is 0 Å². The molecule has 0 aliphatic rings. The Balaban J connectivity index is 0. The van der Waals surface area contributed by atoms with E-state index in [1.807, 2.05) is 0 Å². The average Bonchev–Trinajstić information content (AvgIpc) is 1.65. The molecule has 0 aromatic rings. The largest absolute Gasteiger partial charge is 0.696 e. The van der Waals surface area contributed by atoms with Gasteiger partial charge in [0.2, 0.25) is 0 Å². The van der Waals surface area contributed by atoms with E-state index in [9.17, 15) is 4.57 Å². The van der Waals surface area contributed by atoms with Gasteiger partial charge in [0.25, 0.3) is 0 Å². The maximum atomic E-state index is 9.88. The van der Waals surface area contributed by atoms with Crippen LogP contribution in [0, 0.1) is 0 Å². The van der Waals surface area contributed by atoms with E-state index in [0.717, 1.165) is 0 Å². The molecular weight excluding hydrogens is 168 g/mol. The van der Waals surface area contributed by atoms with Gasteiger partial charge in [-0.2, -0.15) is 0 Å². The van der Waals surface area contributed by atoms with Crippen LogP contribution in [0.15, 0.2) is 0 Å². The summed E-state index contributed by atoms with van der Waals surface area (Å²) in [6.45, 7) is 0. The summed E-state index contributed by atoms with van der Waals surface area (Å²) in [5.74, 6) is 0. The van der Waals surface area contributed by atoms with E-state index in [4.69, 9.17) is 0 Å². The van der Waals surface area contributed by atoms with Crippen LogP contribution in [0.1, 0.15) is 0 Å². The molecule has 3 nitrogen and oxygen atoms in total. The van der Waals surface area contributed by atoms with E-state index in [-0.39, 0.29) is 19.5 Å². The molecule has 0 aliphatic heterocycles. The van der Waals surface area contributed by atoms with Crippen molar-refractivity contribution in [3.63, 3.8) is 0 Å². The van der Waals surface area contributed by atoms with Gasteiger partial charge < -0.3 is 0 Å². The predicted octanol–water partition coefficient (Wildman–Crippen LogP) is 0.934. The summed E-state index contributed by atoms with van der Waals surface area (Å²) in [5, 5.41) is 0. The van der Waals surface area contributed by atoms with Crippen LogP contribution in [0.25, 0.3) is 0 Å². The van der Waals surface area contributed by atoms with Gasteiger partial charge in [0.1, 0.15) is 0 Å². The molecule has 0 heterocycles. The Bertz CT molecular complexity index is 50.9. The van der Waals surface area contributed by atoms with E-state index in [1.165, 1.54) is 14.2 Å². The maximum absolute atomic E-state index is 9.88. The molecule has 0 saturated heterocycles. The second-order valence-corrected chi connectivity index (χ2v) is 1.77. The van der Waals surface area contributed by atoms with Crippen LogP contribution in [0.3, 0.4) is 0 Å². The van der Waals surface area contributed by atoms with Crippen molar-refractivity contribution in [3.05, 3.63) is 0 Å². The Morgan fingerprint density at radius 2 is 1.57 bits per heavy atom. The van der Waals surface area contributed by atoms with E-state index < -0.39 is 8.25 Å². The Morgan fingerprint density at radius 3 is 1.57 bits per heavy atom. The molecule has 0 unspecified atom stereocenters. The first-order valence-electron chi connectivity index (χ1n) is 1.36. The van der Waals surface area contributed by atoms with Crippen molar-refractivity contribution in [2.24, 2.45) is 0 Å². The molecule has 0 saturated carbocycles. The minimum Gasteiger partial charge on any atom is -0.122 e. The van der Waals surface area contributed by atoms with Gasteiger partial charge in [0.05, 0.1) is 14.2 Å². The summed E-state index contributed by atoms with van der Waals surface area (Å²) in [6.07, 6.45) is 0. The van der Waals surface area contributed by atoms with Gasteiger partial charge in [-0.15, -0.1) is 9.05 Å². The van der Waals surface area contributed by atoms with Crippen molar-refractivity contribution in [3.8, 4) is 0 Å². The van der Waals surface area contributed by atoms with Gasteiger partial charge in [-0.3, -0.25) is 0 Å². The van der Waals surface area contributed by atoms with Gasteiger partial charge in [-0.1, -0.05) is 0 Å². The fourth-order valence-corrected chi connectivity index (χ4v) is 0.224. The summed E-state index contributed by atoms with van der Waals surface area (Å²) in [4.78, 5) is 0. The molecule has 5 heteroatoms. The molecule has 38 valence electrons. The topological polar surface area (TPSA) is 35.5 Å². The third-order valence-electron chi connectivity index (χ3n) is 0.298. The minimum atomic E-state index is -1.83. The Labute approximate surface area is 56.1 Å². The van der Waals surface area contributed by atoms with Crippen molar-refractivity contribution in [2.75, 3.05) is 14.2 Å². The summed E-state index contributed by atoms with van der Waals surface area (Å²) in [5.41, 5.74) is 0. The van der Waals surface area contributed by atoms with Crippen LogP contribution in [0.4, 0.5) is 0 Å². The maximum Gasteiger partial charge on any atom is 0.696 e. The Hall–Kier alpha value is 0.643. The van der Waals surface area contributed by atoms with Crippen LogP contribution in [0.2, 0.25) is 0 Å². The van der Waals surface area contributed by atoms with Crippen LogP contribution >= 0.6 is 8.25 Å². The number of hydrogen-bond donors (Lipinski definition) is 0. The zero-order chi connectivity index (χ0) is 4.99. The van der Waals surface area contributed by atoms with E-state index in [1.54, 1.807) is 0 Å². The normalized spacial score (nSPS) is 7.14. The van der Waals surface area contributed by atoms with Crippen molar-refractivity contribution in [2.45, 2.75) is 0 Å². The molecule has 0 amide bonds. The fourth-order valence-electron chi connectivity index (χ4n) is 0.0745. The molecule has 0 radical (unpaired) electrons. The molecule has 0 N–H and O–H groups in total. The quantitative estimate of drug-likeness (QED) is 0.462. The Morgan fingerprint density at radius 1 is 1.29 bits per heavy atom. The molecule has 0 rings (SSSR count). The average molecular weight is 174 g/mol. The molecule has 0 bridgehead atoms. The summed E-state index contributed by atoms with van der Waals surface area (Å²) < 4.78 is 18.3. The molecular formula is C2H6O3PZn+. The van der Waals surface area contributed by atoms with E-state index >= 15 is 0 Å². The number of rotatable bonds is 2. The van der Waals surface area contributed by atoms with Gasteiger partial charge >= 0.3 is 8.25 Å². The fraction of sp³-hybridized carbons (Fsp3) is 1.00. The number of hydrogen-bond acceptors (Lipinski definition) is 3. The van der Waals surface area contributed by atoms with E-state index in [0.29, 0.717) is 0 Å². The van der Waals surface area contributed by atoms with Crippen molar-refractivity contribution < 1.29 is 33.1 Å². The van der Waals surface area contributed by atoms with Gasteiger partial charge in [0.15, 0.2) is 0 Å². The molecule has 0 spiro atoms. The van der Waals surface area contributed by atoms with Crippen LogP contribution < -0.4 is 0 Å². The van der Waals surface area contributed by atoms with Crippen LogP contribution in [-0.2, 0) is 33.1 Å². The molecule has 0 atom stereocenters. The second kappa shape index (κ2) is 6.64.